The van der Waals surface area contributed by atoms with Crippen molar-refractivity contribution in [3.63, 3.8) is 0 Å². The molecule has 5 nitrogen and oxygen atoms in total. The number of sulfonamides is 1. The third-order valence-corrected chi connectivity index (χ3v) is 6.58. The van der Waals surface area contributed by atoms with E-state index in [2.05, 4.69) is 11.4 Å². The minimum Gasteiger partial charge on any atom is -0.348 e. The van der Waals surface area contributed by atoms with Crippen molar-refractivity contribution in [1.82, 2.24) is 5.32 Å². The van der Waals surface area contributed by atoms with Gasteiger partial charge in [0.15, 0.2) is 0 Å². The van der Waals surface area contributed by atoms with E-state index < -0.39 is 16.1 Å². The summed E-state index contributed by atoms with van der Waals surface area (Å²) in [7, 11) is -3.70. The van der Waals surface area contributed by atoms with Gasteiger partial charge < -0.3 is 5.32 Å². The van der Waals surface area contributed by atoms with Crippen LogP contribution in [0, 0.1) is 20.8 Å². The normalized spacial score (nSPS) is 13.6. The molecule has 2 atom stereocenters. The van der Waals surface area contributed by atoms with Gasteiger partial charge in [0.25, 0.3) is 0 Å². The zero-order valence-electron chi connectivity index (χ0n) is 17.8. The van der Waals surface area contributed by atoms with Crippen LogP contribution in [0.4, 0.5) is 5.69 Å². The second kappa shape index (κ2) is 9.18. The number of amides is 1. The molecule has 0 aromatic heterocycles. The molecular formula is C22H29ClN2O3S. The van der Waals surface area contributed by atoms with Crippen molar-refractivity contribution in [2.75, 3.05) is 10.6 Å². The van der Waals surface area contributed by atoms with E-state index in [1.54, 1.807) is 25.1 Å². The second-order valence-corrected chi connectivity index (χ2v) is 9.77. The summed E-state index contributed by atoms with van der Waals surface area (Å²) in [5, 5.41) is 3.43. The van der Waals surface area contributed by atoms with E-state index in [1.165, 1.54) is 0 Å². The third kappa shape index (κ3) is 5.52. The van der Waals surface area contributed by atoms with E-state index in [0.717, 1.165) is 32.8 Å². The summed E-state index contributed by atoms with van der Waals surface area (Å²) in [6.07, 6.45) is 1.42. The molecule has 0 spiro atoms. The second-order valence-electron chi connectivity index (χ2n) is 7.51. The van der Waals surface area contributed by atoms with Crippen LogP contribution in [0.2, 0.25) is 5.02 Å². The number of carbonyl (C=O) groups excluding carboxylic acids is 1. The van der Waals surface area contributed by atoms with E-state index in [9.17, 15) is 13.2 Å². The van der Waals surface area contributed by atoms with Crippen molar-refractivity contribution in [2.24, 2.45) is 0 Å². The fraction of sp³-hybridized carbons (Fsp3) is 0.409. The lowest BCUT2D eigenvalue weighted by atomic mass is 10.00. The molecule has 29 heavy (non-hydrogen) atoms. The van der Waals surface area contributed by atoms with Crippen LogP contribution < -0.4 is 9.62 Å². The highest BCUT2D eigenvalue weighted by Crippen LogP contribution is 2.28. The summed E-state index contributed by atoms with van der Waals surface area (Å²) >= 11 is 6.21. The molecule has 1 amide bonds. The lowest BCUT2D eigenvalue weighted by Crippen LogP contribution is -2.49. The van der Waals surface area contributed by atoms with Crippen molar-refractivity contribution < 1.29 is 13.2 Å². The van der Waals surface area contributed by atoms with Gasteiger partial charge in [-0.2, -0.15) is 0 Å². The average Bonchev–Trinajstić information content (AvgIpc) is 2.60. The number of carbonyl (C=O) groups is 1. The van der Waals surface area contributed by atoms with Crippen molar-refractivity contribution in [3.05, 3.63) is 63.7 Å². The summed E-state index contributed by atoms with van der Waals surface area (Å²) in [5.74, 6) is -0.345. The average molecular weight is 437 g/mol. The number of nitrogens with one attached hydrogen (secondary N) is 1. The van der Waals surface area contributed by atoms with Gasteiger partial charge in [0.2, 0.25) is 15.9 Å². The van der Waals surface area contributed by atoms with Gasteiger partial charge in [-0.15, -0.1) is 0 Å². The predicted octanol–water partition coefficient (Wildman–Crippen LogP) is 4.69. The Bertz CT molecular complexity index is 1010. The smallest absolute Gasteiger partial charge is 0.244 e. The van der Waals surface area contributed by atoms with E-state index in [0.29, 0.717) is 17.1 Å². The summed E-state index contributed by atoms with van der Waals surface area (Å²) < 4.78 is 26.3. The first kappa shape index (κ1) is 23.2. The van der Waals surface area contributed by atoms with Gasteiger partial charge in [-0.3, -0.25) is 9.10 Å². The van der Waals surface area contributed by atoms with Gasteiger partial charge in [-0.05, 0) is 62.9 Å². The van der Waals surface area contributed by atoms with Crippen molar-refractivity contribution in [3.8, 4) is 0 Å². The lowest BCUT2D eigenvalue weighted by molar-refractivity contribution is -0.122. The summed E-state index contributed by atoms with van der Waals surface area (Å²) in [4.78, 5) is 13.1. The molecule has 7 heteroatoms. The van der Waals surface area contributed by atoms with Crippen molar-refractivity contribution in [2.45, 2.75) is 53.1 Å². The van der Waals surface area contributed by atoms with Gasteiger partial charge in [-0.1, -0.05) is 48.4 Å². The van der Waals surface area contributed by atoms with E-state index in [1.807, 2.05) is 39.8 Å². The summed E-state index contributed by atoms with van der Waals surface area (Å²) in [6, 6.07) is 9.93. The summed E-state index contributed by atoms with van der Waals surface area (Å²) in [6.45, 7) is 9.55. The third-order valence-electron chi connectivity index (χ3n) is 4.99. The zero-order chi connectivity index (χ0) is 21.9. The first-order valence-corrected chi connectivity index (χ1v) is 11.8. The molecule has 1 N–H and O–H groups in total. The van der Waals surface area contributed by atoms with E-state index in [4.69, 9.17) is 11.6 Å². The molecular weight excluding hydrogens is 408 g/mol. The zero-order valence-corrected chi connectivity index (χ0v) is 19.4. The quantitative estimate of drug-likeness (QED) is 0.684. The molecule has 0 bridgehead atoms. The number of hydrogen-bond donors (Lipinski definition) is 1. The molecule has 158 valence electrons. The number of benzene rings is 2. The number of aryl methyl sites for hydroxylation is 3. The van der Waals surface area contributed by atoms with Crippen LogP contribution in [-0.2, 0) is 14.8 Å². The number of nitrogens with zero attached hydrogens (tertiary/aromatic N) is 1. The molecule has 2 aromatic carbocycles. The van der Waals surface area contributed by atoms with E-state index >= 15 is 0 Å². The minimum absolute atomic E-state index is 0.250. The van der Waals surface area contributed by atoms with Gasteiger partial charge >= 0.3 is 0 Å². The SMILES string of the molecule is CC[C@H](C(=O)N[C@H](C)c1ccc(C)cc1C)N(c1ccc(C)c(Cl)c1)S(C)(=O)=O. The van der Waals surface area contributed by atoms with Crippen molar-refractivity contribution in [1.29, 1.82) is 0 Å². The number of halogens is 1. The Morgan fingerprint density at radius 3 is 2.28 bits per heavy atom. The van der Waals surface area contributed by atoms with Gasteiger partial charge in [0.05, 0.1) is 18.0 Å². The van der Waals surface area contributed by atoms with Crippen LogP contribution >= 0.6 is 11.6 Å². The fourth-order valence-corrected chi connectivity index (χ4v) is 4.86. The first-order valence-electron chi connectivity index (χ1n) is 9.58. The van der Waals surface area contributed by atoms with Crippen LogP contribution in [0.5, 0.6) is 0 Å². The Balaban J connectivity index is 2.36. The first-order chi connectivity index (χ1) is 13.5. The number of hydrogen-bond acceptors (Lipinski definition) is 3. The fourth-order valence-electron chi connectivity index (χ4n) is 3.48. The number of rotatable bonds is 7. The van der Waals surface area contributed by atoms with Crippen LogP contribution in [0.25, 0.3) is 0 Å². The van der Waals surface area contributed by atoms with Gasteiger partial charge in [-0.25, -0.2) is 8.42 Å². The molecule has 0 aliphatic carbocycles. The maximum Gasteiger partial charge on any atom is 0.244 e. The maximum absolute atomic E-state index is 13.1. The molecule has 0 unspecified atom stereocenters. The highest BCUT2D eigenvalue weighted by Gasteiger charge is 2.32. The highest BCUT2D eigenvalue weighted by molar-refractivity contribution is 7.92. The Labute approximate surface area is 179 Å². The topological polar surface area (TPSA) is 66.5 Å². The highest BCUT2D eigenvalue weighted by atomic mass is 35.5. The standard InChI is InChI=1S/C22H29ClN2O3S/c1-7-21(22(26)24-17(5)19-11-8-14(2)12-16(19)4)25(29(6,27)28)18-10-9-15(3)20(23)13-18/h8-13,17,21H,7H2,1-6H3,(H,24,26)/t17-,21-/m1/s1. The minimum atomic E-state index is -3.70. The van der Waals surface area contributed by atoms with Crippen molar-refractivity contribution >= 4 is 33.2 Å². The molecule has 0 fully saturated rings. The lowest BCUT2D eigenvalue weighted by Gasteiger charge is -2.31. The molecule has 0 saturated carbocycles. The molecule has 0 saturated heterocycles. The van der Waals surface area contributed by atoms with Crippen LogP contribution in [-0.4, -0.2) is 26.6 Å². The maximum atomic E-state index is 13.1. The molecule has 2 aromatic rings. The van der Waals surface area contributed by atoms with Gasteiger partial charge in [0, 0.05) is 5.02 Å². The molecule has 0 aliphatic rings. The largest absolute Gasteiger partial charge is 0.348 e. The summed E-state index contributed by atoms with van der Waals surface area (Å²) in [5.41, 5.74) is 4.45. The molecule has 0 aliphatic heterocycles. The van der Waals surface area contributed by atoms with Crippen LogP contribution in [0.15, 0.2) is 36.4 Å². The Kier molecular flexibility index (Phi) is 7.35. The molecule has 0 heterocycles. The van der Waals surface area contributed by atoms with Crippen LogP contribution in [0.1, 0.15) is 48.6 Å². The number of anilines is 1. The molecule has 2 rings (SSSR count). The van der Waals surface area contributed by atoms with Crippen LogP contribution in [0.3, 0.4) is 0 Å². The van der Waals surface area contributed by atoms with E-state index in [-0.39, 0.29) is 11.9 Å². The Morgan fingerprint density at radius 1 is 1.10 bits per heavy atom. The molecule has 0 radical (unpaired) electrons. The monoisotopic (exact) mass is 436 g/mol. The predicted molar refractivity (Wildman–Crippen MR) is 120 cm³/mol. The van der Waals surface area contributed by atoms with Gasteiger partial charge in [0.1, 0.15) is 6.04 Å². The Hall–Kier alpha value is -2.05. The Morgan fingerprint density at radius 2 is 1.76 bits per heavy atom.